The van der Waals surface area contributed by atoms with Crippen LogP contribution in [-0.4, -0.2) is 41.4 Å². The lowest BCUT2D eigenvalue weighted by Crippen LogP contribution is -2.41. The van der Waals surface area contributed by atoms with Gasteiger partial charge in [-0.15, -0.1) is 0 Å². The molecule has 2 amide bonds. The van der Waals surface area contributed by atoms with Gasteiger partial charge in [0.1, 0.15) is 11.7 Å². The lowest BCUT2D eigenvalue weighted by Gasteiger charge is -2.29. The van der Waals surface area contributed by atoms with Crippen molar-refractivity contribution in [3.8, 4) is 11.1 Å². The van der Waals surface area contributed by atoms with Crippen LogP contribution in [0.3, 0.4) is 0 Å². The maximum Gasteiger partial charge on any atom is 0.416 e. The van der Waals surface area contributed by atoms with Gasteiger partial charge in [-0.2, -0.15) is 13.2 Å². The van der Waals surface area contributed by atoms with E-state index in [1.165, 1.54) is 17.0 Å². The van der Waals surface area contributed by atoms with Crippen LogP contribution in [0, 0.1) is 0 Å². The molecular formula is C24H19ClF3N5O2. The zero-order chi connectivity index (χ0) is 24.7. The van der Waals surface area contributed by atoms with Crippen molar-refractivity contribution < 1.29 is 22.8 Å². The molecular weight excluding hydrogens is 483 g/mol. The standard InChI is InChI=1S/C24H19ClF3N5O2/c25-23-22-16-2-1-7-30-18(16)9-21(35)33(19(22)8-17(32-23)13-10-29-11-13)12-20(34)31-15-5-3-14(4-6-15)24(26,27)28/h1-8,13,29H,9-12H2,(H,31,34). The molecule has 35 heavy (non-hydrogen) atoms. The molecule has 4 heterocycles. The van der Waals surface area contributed by atoms with Crippen molar-refractivity contribution >= 4 is 34.8 Å². The van der Waals surface area contributed by atoms with Gasteiger partial charge in [-0.05, 0) is 36.4 Å². The maximum absolute atomic E-state index is 13.3. The van der Waals surface area contributed by atoms with Gasteiger partial charge in [-0.25, -0.2) is 4.98 Å². The Hall–Kier alpha value is -3.50. The number of carbonyl (C=O) groups is 2. The first kappa shape index (κ1) is 23.3. The molecule has 3 aromatic rings. The fourth-order valence-electron chi connectivity index (χ4n) is 4.13. The van der Waals surface area contributed by atoms with Crippen molar-refractivity contribution in [1.29, 1.82) is 0 Å². The zero-order valence-electron chi connectivity index (χ0n) is 18.2. The summed E-state index contributed by atoms with van der Waals surface area (Å²) in [5, 5.41) is 5.94. The van der Waals surface area contributed by atoms with E-state index in [9.17, 15) is 22.8 Å². The van der Waals surface area contributed by atoms with E-state index in [0.717, 1.165) is 25.2 Å². The maximum atomic E-state index is 13.3. The van der Waals surface area contributed by atoms with E-state index in [0.29, 0.717) is 28.2 Å². The number of amides is 2. The Morgan fingerprint density at radius 2 is 1.94 bits per heavy atom. The number of alkyl halides is 3. The highest BCUT2D eigenvalue weighted by Crippen LogP contribution is 2.42. The first-order chi connectivity index (χ1) is 16.7. The lowest BCUT2D eigenvalue weighted by molar-refractivity contribution is -0.137. The first-order valence-corrected chi connectivity index (χ1v) is 11.2. The van der Waals surface area contributed by atoms with E-state index in [1.54, 1.807) is 24.4 Å². The van der Waals surface area contributed by atoms with E-state index in [-0.39, 0.29) is 35.6 Å². The molecule has 5 rings (SSSR count). The molecule has 0 atom stereocenters. The molecule has 1 aromatic carbocycles. The number of anilines is 2. The van der Waals surface area contributed by atoms with Crippen LogP contribution in [-0.2, 0) is 22.2 Å². The van der Waals surface area contributed by atoms with Crippen molar-refractivity contribution in [2.75, 3.05) is 29.9 Å². The number of halogens is 4. The zero-order valence-corrected chi connectivity index (χ0v) is 19.0. The molecule has 0 saturated carbocycles. The monoisotopic (exact) mass is 501 g/mol. The van der Waals surface area contributed by atoms with Crippen molar-refractivity contribution in [2.45, 2.75) is 18.5 Å². The molecule has 0 spiro atoms. The summed E-state index contributed by atoms with van der Waals surface area (Å²) in [5.74, 6) is -0.790. The van der Waals surface area contributed by atoms with Gasteiger partial charge in [0, 0.05) is 47.7 Å². The number of hydrogen-bond donors (Lipinski definition) is 2. The number of pyridine rings is 2. The average molecular weight is 502 g/mol. The van der Waals surface area contributed by atoms with E-state index >= 15 is 0 Å². The predicted octanol–water partition coefficient (Wildman–Crippen LogP) is 4.03. The topological polar surface area (TPSA) is 87.2 Å². The molecule has 2 N–H and O–H groups in total. The van der Waals surface area contributed by atoms with Crippen LogP contribution in [0.25, 0.3) is 11.1 Å². The largest absolute Gasteiger partial charge is 0.416 e. The third kappa shape index (κ3) is 4.59. The first-order valence-electron chi connectivity index (χ1n) is 10.8. The SMILES string of the molecule is O=C(CN1C(=O)Cc2ncccc2-c2c1cc(C1CNC1)nc2Cl)Nc1ccc(C(F)(F)F)cc1. The average Bonchev–Trinajstić information content (AvgIpc) is 2.87. The molecule has 0 aliphatic carbocycles. The third-order valence-corrected chi connectivity index (χ3v) is 6.32. The Balaban J connectivity index is 1.48. The van der Waals surface area contributed by atoms with Gasteiger partial charge in [-0.3, -0.25) is 14.6 Å². The summed E-state index contributed by atoms with van der Waals surface area (Å²) in [6, 6.07) is 9.42. The highest BCUT2D eigenvalue weighted by molar-refractivity contribution is 6.33. The van der Waals surface area contributed by atoms with Crippen molar-refractivity contribution in [2.24, 2.45) is 0 Å². The Kier molecular flexibility index (Phi) is 5.94. The Labute approximate surface area is 203 Å². The summed E-state index contributed by atoms with van der Waals surface area (Å²) >= 11 is 6.61. The molecule has 7 nitrogen and oxygen atoms in total. The van der Waals surface area contributed by atoms with Gasteiger partial charge in [0.2, 0.25) is 11.8 Å². The van der Waals surface area contributed by atoms with Gasteiger partial charge < -0.3 is 15.5 Å². The fraction of sp³-hybridized carbons (Fsp3) is 0.250. The molecule has 2 aliphatic rings. The van der Waals surface area contributed by atoms with Crippen LogP contribution >= 0.6 is 11.6 Å². The second kappa shape index (κ2) is 8.94. The van der Waals surface area contributed by atoms with Crippen molar-refractivity contribution in [1.82, 2.24) is 15.3 Å². The highest BCUT2D eigenvalue weighted by atomic mass is 35.5. The smallest absolute Gasteiger partial charge is 0.325 e. The second-order valence-electron chi connectivity index (χ2n) is 8.36. The van der Waals surface area contributed by atoms with E-state index in [2.05, 4.69) is 20.6 Å². The Morgan fingerprint density at radius 3 is 2.60 bits per heavy atom. The van der Waals surface area contributed by atoms with Crippen molar-refractivity contribution in [3.63, 3.8) is 0 Å². The van der Waals surface area contributed by atoms with Gasteiger partial charge in [0.05, 0.1) is 23.4 Å². The summed E-state index contributed by atoms with van der Waals surface area (Å²) in [4.78, 5) is 36.3. The molecule has 0 unspecified atom stereocenters. The third-order valence-electron chi connectivity index (χ3n) is 6.04. The molecule has 0 bridgehead atoms. The number of nitrogens with zero attached hydrogens (tertiary/aromatic N) is 3. The summed E-state index contributed by atoms with van der Waals surface area (Å²) in [6.45, 7) is 1.09. The van der Waals surface area contributed by atoms with E-state index < -0.39 is 17.6 Å². The summed E-state index contributed by atoms with van der Waals surface area (Å²) in [6.07, 6.45) is -2.95. The molecule has 1 saturated heterocycles. The van der Waals surface area contributed by atoms with Gasteiger partial charge >= 0.3 is 6.18 Å². The minimum absolute atomic E-state index is 0.0466. The number of benzene rings is 1. The van der Waals surface area contributed by atoms with Crippen LogP contribution in [0.1, 0.15) is 22.9 Å². The number of rotatable bonds is 4. The molecule has 11 heteroatoms. The molecule has 1 fully saturated rings. The number of nitrogens with one attached hydrogen (secondary N) is 2. The van der Waals surface area contributed by atoms with Crippen molar-refractivity contribution in [3.05, 3.63) is 70.8 Å². The second-order valence-corrected chi connectivity index (χ2v) is 8.72. The quantitative estimate of drug-likeness (QED) is 0.527. The normalized spacial score (nSPS) is 15.7. The number of hydrogen-bond acceptors (Lipinski definition) is 5. The van der Waals surface area contributed by atoms with E-state index in [4.69, 9.17) is 11.6 Å². The number of aromatic nitrogens is 2. The predicted molar refractivity (Wildman–Crippen MR) is 124 cm³/mol. The van der Waals surface area contributed by atoms with Crippen LogP contribution in [0.5, 0.6) is 0 Å². The van der Waals surface area contributed by atoms with Gasteiger partial charge in [-0.1, -0.05) is 17.7 Å². The fourth-order valence-corrected chi connectivity index (χ4v) is 4.42. The summed E-state index contributed by atoms with van der Waals surface area (Å²) in [7, 11) is 0. The molecule has 2 aromatic heterocycles. The summed E-state index contributed by atoms with van der Waals surface area (Å²) in [5.41, 5.74) is 2.22. The van der Waals surface area contributed by atoms with Gasteiger partial charge in [0.25, 0.3) is 0 Å². The minimum atomic E-state index is -4.48. The van der Waals surface area contributed by atoms with Crippen LogP contribution in [0.2, 0.25) is 5.15 Å². The number of fused-ring (bicyclic) bond motifs is 3. The highest BCUT2D eigenvalue weighted by Gasteiger charge is 2.33. The van der Waals surface area contributed by atoms with Crippen LogP contribution < -0.4 is 15.5 Å². The summed E-state index contributed by atoms with van der Waals surface area (Å²) < 4.78 is 38.5. The lowest BCUT2D eigenvalue weighted by atomic mass is 9.96. The number of carbonyl (C=O) groups excluding carboxylic acids is 2. The Morgan fingerprint density at radius 1 is 1.20 bits per heavy atom. The van der Waals surface area contributed by atoms with Crippen LogP contribution in [0.4, 0.5) is 24.5 Å². The molecule has 0 radical (unpaired) electrons. The Bertz CT molecular complexity index is 1310. The minimum Gasteiger partial charge on any atom is -0.325 e. The van der Waals surface area contributed by atoms with E-state index in [1.807, 2.05) is 0 Å². The molecule has 180 valence electrons. The molecule has 2 aliphatic heterocycles. The van der Waals surface area contributed by atoms with Crippen LogP contribution in [0.15, 0.2) is 48.7 Å². The van der Waals surface area contributed by atoms with Gasteiger partial charge in [0.15, 0.2) is 0 Å².